The fraction of sp³-hybridized carbons (Fsp3) is 0.643. The molecule has 0 spiro atoms. The molecule has 3 rings (SSSR count). The Bertz CT molecular complexity index is 669. The molecule has 0 radical (unpaired) electrons. The van der Waals surface area contributed by atoms with Crippen molar-refractivity contribution in [3.05, 3.63) is 23.7 Å². The third kappa shape index (κ3) is 3.18. The first-order valence-electron chi connectivity index (χ1n) is 7.25. The van der Waals surface area contributed by atoms with Crippen LogP contribution >= 0.6 is 0 Å². The van der Waals surface area contributed by atoms with E-state index in [2.05, 4.69) is 4.72 Å². The van der Waals surface area contributed by atoms with E-state index < -0.39 is 10.0 Å². The van der Waals surface area contributed by atoms with Gasteiger partial charge in [0.1, 0.15) is 5.76 Å². The summed E-state index contributed by atoms with van der Waals surface area (Å²) >= 11 is 0. The number of rotatable bonds is 4. The summed E-state index contributed by atoms with van der Waals surface area (Å²) in [5.74, 6) is 1.16. The van der Waals surface area contributed by atoms with E-state index in [1.807, 2.05) is 0 Å². The molecule has 7 nitrogen and oxygen atoms in total. The predicted octanol–water partition coefficient (Wildman–Crippen LogP) is 0.224. The molecule has 1 aromatic heterocycles. The number of fused-ring (bicyclic) bond motifs is 1. The second-order valence-corrected chi connectivity index (χ2v) is 7.87. The Kier molecular flexibility index (Phi) is 4.00. The zero-order valence-corrected chi connectivity index (χ0v) is 13.4. The highest BCUT2D eigenvalue weighted by atomic mass is 32.2. The first-order valence-corrected chi connectivity index (χ1v) is 9.14. The molecule has 1 N–H and O–H groups in total. The number of carbonyl (C=O) groups is 1. The van der Waals surface area contributed by atoms with Crippen molar-refractivity contribution in [2.45, 2.75) is 13.0 Å². The third-order valence-corrected chi connectivity index (χ3v) is 4.98. The second-order valence-electron chi connectivity index (χ2n) is 6.04. The number of furan rings is 1. The van der Waals surface area contributed by atoms with Gasteiger partial charge in [0.2, 0.25) is 10.0 Å². The van der Waals surface area contributed by atoms with Crippen molar-refractivity contribution in [2.75, 3.05) is 32.5 Å². The molecule has 2 aliphatic heterocycles. The SMILES string of the molecule is Cc1ccc(C(=O)N2C[C@@H]3[C@H](CNS(C)(=O)=O)CO[C@@H]3C2)o1. The predicted molar refractivity (Wildman–Crippen MR) is 78.9 cm³/mol. The summed E-state index contributed by atoms with van der Waals surface area (Å²) in [4.78, 5) is 14.1. The Morgan fingerprint density at radius 1 is 1.41 bits per heavy atom. The second kappa shape index (κ2) is 5.68. The van der Waals surface area contributed by atoms with Gasteiger partial charge >= 0.3 is 0 Å². The average Bonchev–Trinajstić information content (AvgIpc) is 3.09. The highest BCUT2D eigenvalue weighted by Gasteiger charge is 2.45. The van der Waals surface area contributed by atoms with E-state index in [0.717, 1.165) is 6.26 Å². The van der Waals surface area contributed by atoms with Gasteiger partial charge in [0, 0.05) is 31.5 Å². The number of amides is 1. The Balaban J connectivity index is 1.63. The number of carbonyl (C=O) groups excluding carboxylic acids is 1. The lowest BCUT2D eigenvalue weighted by atomic mass is 9.93. The minimum Gasteiger partial charge on any atom is -0.456 e. The van der Waals surface area contributed by atoms with Crippen molar-refractivity contribution < 1.29 is 22.4 Å². The normalized spacial score (nSPS) is 28.1. The van der Waals surface area contributed by atoms with Gasteiger partial charge < -0.3 is 14.1 Å². The minimum absolute atomic E-state index is 0.0219. The van der Waals surface area contributed by atoms with Crippen molar-refractivity contribution in [1.29, 1.82) is 0 Å². The lowest BCUT2D eigenvalue weighted by molar-refractivity contribution is 0.0651. The zero-order chi connectivity index (χ0) is 15.9. The highest BCUT2D eigenvalue weighted by molar-refractivity contribution is 7.88. The van der Waals surface area contributed by atoms with E-state index in [0.29, 0.717) is 37.8 Å². The van der Waals surface area contributed by atoms with Crippen LogP contribution in [0.5, 0.6) is 0 Å². The molecule has 22 heavy (non-hydrogen) atoms. The fourth-order valence-electron chi connectivity index (χ4n) is 3.14. The maximum absolute atomic E-state index is 12.4. The molecule has 3 heterocycles. The molecule has 122 valence electrons. The molecule has 0 unspecified atom stereocenters. The molecular weight excluding hydrogens is 308 g/mol. The lowest BCUT2D eigenvalue weighted by Crippen LogP contribution is -2.34. The monoisotopic (exact) mass is 328 g/mol. The molecule has 1 amide bonds. The number of likely N-dealkylation sites (tertiary alicyclic amines) is 1. The highest BCUT2D eigenvalue weighted by Crippen LogP contribution is 2.34. The number of hydrogen-bond acceptors (Lipinski definition) is 5. The summed E-state index contributed by atoms with van der Waals surface area (Å²) in [7, 11) is -3.21. The molecular formula is C14H20N2O5S. The number of sulfonamides is 1. The summed E-state index contributed by atoms with van der Waals surface area (Å²) in [6.07, 6.45) is 1.12. The molecule has 0 aromatic carbocycles. The van der Waals surface area contributed by atoms with Gasteiger partial charge in [-0.15, -0.1) is 0 Å². The quantitative estimate of drug-likeness (QED) is 0.854. The van der Waals surface area contributed by atoms with E-state index in [9.17, 15) is 13.2 Å². The molecule has 1 aromatic rings. The topological polar surface area (TPSA) is 88.9 Å². The Labute approximate surface area is 129 Å². The number of nitrogens with one attached hydrogen (secondary N) is 1. The fourth-order valence-corrected chi connectivity index (χ4v) is 3.66. The standard InChI is InChI=1S/C14H20N2O5S/c1-9-3-4-12(21-9)14(17)16-6-11-10(5-15-22(2,18)19)8-20-13(11)7-16/h3-4,10-11,13,15H,5-8H2,1-2H3/t10-,11-,13-/m1/s1. The third-order valence-electron chi connectivity index (χ3n) is 4.29. The average molecular weight is 328 g/mol. The van der Waals surface area contributed by atoms with E-state index >= 15 is 0 Å². The van der Waals surface area contributed by atoms with Crippen LogP contribution in [0.1, 0.15) is 16.3 Å². The van der Waals surface area contributed by atoms with Crippen LogP contribution in [0.4, 0.5) is 0 Å². The van der Waals surface area contributed by atoms with Gasteiger partial charge in [-0.3, -0.25) is 4.79 Å². The van der Waals surface area contributed by atoms with E-state index in [1.54, 1.807) is 24.0 Å². The maximum Gasteiger partial charge on any atom is 0.289 e. The number of aryl methyl sites for hydroxylation is 1. The molecule has 2 aliphatic rings. The van der Waals surface area contributed by atoms with Crippen LogP contribution in [0.2, 0.25) is 0 Å². The first-order chi connectivity index (χ1) is 10.3. The van der Waals surface area contributed by atoms with Gasteiger partial charge in [-0.1, -0.05) is 0 Å². The van der Waals surface area contributed by atoms with Crippen molar-refractivity contribution in [2.24, 2.45) is 11.8 Å². The molecule has 0 aliphatic carbocycles. The zero-order valence-electron chi connectivity index (χ0n) is 12.6. The van der Waals surface area contributed by atoms with E-state index in [1.165, 1.54) is 0 Å². The summed E-state index contributed by atoms with van der Waals surface area (Å²) < 4.78 is 36.0. The van der Waals surface area contributed by atoms with Gasteiger partial charge in [0.25, 0.3) is 5.91 Å². The Hall–Kier alpha value is -1.38. The van der Waals surface area contributed by atoms with Crippen LogP contribution in [-0.2, 0) is 14.8 Å². The van der Waals surface area contributed by atoms with Crippen LogP contribution in [-0.4, -0.2) is 57.8 Å². The van der Waals surface area contributed by atoms with Crippen LogP contribution in [0.3, 0.4) is 0 Å². The van der Waals surface area contributed by atoms with Gasteiger partial charge in [-0.05, 0) is 19.1 Å². The Morgan fingerprint density at radius 2 is 2.18 bits per heavy atom. The van der Waals surface area contributed by atoms with Gasteiger partial charge in [-0.2, -0.15) is 0 Å². The summed E-state index contributed by atoms with van der Waals surface area (Å²) in [5.41, 5.74) is 0. The molecule has 0 bridgehead atoms. The summed E-state index contributed by atoms with van der Waals surface area (Å²) in [5, 5.41) is 0. The van der Waals surface area contributed by atoms with Crippen molar-refractivity contribution >= 4 is 15.9 Å². The minimum atomic E-state index is -3.21. The maximum atomic E-state index is 12.4. The molecule has 2 saturated heterocycles. The van der Waals surface area contributed by atoms with E-state index in [4.69, 9.17) is 9.15 Å². The van der Waals surface area contributed by atoms with Crippen molar-refractivity contribution in [3.63, 3.8) is 0 Å². The largest absolute Gasteiger partial charge is 0.456 e. The van der Waals surface area contributed by atoms with Gasteiger partial charge in [0.15, 0.2) is 5.76 Å². The lowest BCUT2D eigenvalue weighted by Gasteiger charge is -2.19. The first kappa shape index (κ1) is 15.5. The van der Waals surface area contributed by atoms with Crippen LogP contribution in [0, 0.1) is 18.8 Å². The van der Waals surface area contributed by atoms with Gasteiger partial charge in [-0.25, -0.2) is 13.1 Å². The smallest absolute Gasteiger partial charge is 0.289 e. The molecule has 8 heteroatoms. The van der Waals surface area contributed by atoms with Crippen LogP contribution < -0.4 is 4.72 Å². The molecule has 3 atom stereocenters. The van der Waals surface area contributed by atoms with Crippen molar-refractivity contribution in [1.82, 2.24) is 9.62 Å². The molecule has 2 fully saturated rings. The van der Waals surface area contributed by atoms with Crippen molar-refractivity contribution in [3.8, 4) is 0 Å². The number of ether oxygens (including phenoxy) is 1. The van der Waals surface area contributed by atoms with Crippen LogP contribution in [0.15, 0.2) is 16.5 Å². The number of hydrogen-bond donors (Lipinski definition) is 1. The summed E-state index contributed by atoms with van der Waals surface area (Å²) in [6.45, 7) is 3.77. The summed E-state index contributed by atoms with van der Waals surface area (Å²) in [6, 6.07) is 3.44. The van der Waals surface area contributed by atoms with E-state index in [-0.39, 0.29) is 23.8 Å². The number of nitrogens with zero attached hydrogens (tertiary/aromatic N) is 1. The van der Waals surface area contributed by atoms with Gasteiger partial charge in [0.05, 0.1) is 19.0 Å². The molecule has 0 saturated carbocycles. The van der Waals surface area contributed by atoms with Crippen LogP contribution in [0.25, 0.3) is 0 Å². The Morgan fingerprint density at radius 3 is 2.82 bits per heavy atom.